The van der Waals surface area contributed by atoms with Crippen LogP contribution in [0.2, 0.25) is 0 Å². The Morgan fingerprint density at radius 2 is 1.80 bits per heavy atom. The number of piperidine rings is 2. The van der Waals surface area contributed by atoms with Crippen LogP contribution in [0.5, 0.6) is 0 Å². The van der Waals surface area contributed by atoms with E-state index in [1.807, 2.05) is 17.9 Å². The van der Waals surface area contributed by atoms with Gasteiger partial charge in [0, 0.05) is 37.6 Å². The minimum Gasteiger partial charge on any atom is -0.450 e. The molecule has 3 heterocycles. The molecule has 3 aliphatic heterocycles. The summed E-state index contributed by atoms with van der Waals surface area (Å²) in [4.78, 5) is 16.3. The van der Waals surface area contributed by atoms with E-state index in [0.717, 1.165) is 57.4 Å². The van der Waals surface area contributed by atoms with Gasteiger partial charge in [-0.25, -0.2) is 13.2 Å². The second kappa shape index (κ2) is 8.48. The van der Waals surface area contributed by atoms with Gasteiger partial charge < -0.3 is 14.5 Å². The first-order valence-corrected chi connectivity index (χ1v) is 12.9. The lowest BCUT2D eigenvalue weighted by atomic mass is 9.69. The molecule has 0 atom stereocenters. The molecule has 7 nitrogen and oxygen atoms in total. The molecule has 0 N–H and O–H groups in total. The molecule has 0 bridgehead atoms. The smallest absolute Gasteiger partial charge is 0.409 e. The molecule has 1 aromatic carbocycles. The predicted molar refractivity (Wildman–Crippen MR) is 116 cm³/mol. The Balaban J connectivity index is 1.43. The van der Waals surface area contributed by atoms with E-state index in [9.17, 15) is 13.2 Å². The van der Waals surface area contributed by atoms with Crippen molar-refractivity contribution in [2.75, 3.05) is 45.6 Å². The summed E-state index contributed by atoms with van der Waals surface area (Å²) in [5.41, 5.74) is 2.38. The second-order valence-electron chi connectivity index (χ2n) is 8.92. The normalized spacial score (nSPS) is 23.3. The minimum absolute atomic E-state index is 0.0972. The molecule has 0 unspecified atom stereocenters. The van der Waals surface area contributed by atoms with Crippen LogP contribution in [0.4, 0.5) is 4.79 Å². The molecule has 0 aliphatic carbocycles. The fraction of sp³-hybridized carbons (Fsp3) is 0.682. The number of likely N-dealkylation sites (tertiary alicyclic amines) is 2. The van der Waals surface area contributed by atoms with Gasteiger partial charge in [0.25, 0.3) is 0 Å². The maximum absolute atomic E-state index is 12.3. The maximum atomic E-state index is 12.3. The molecule has 166 valence electrons. The zero-order valence-corrected chi connectivity index (χ0v) is 18.9. The number of sulfonamides is 1. The third kappa shape index (κ3) is 4.22. The molecule has 0 aromatic heterocycles. The van der Waals surface area contributed by atoms with Gasteiger partial charge in [0.1, 0.15) is 0 Å². The number of nitrogens with zero attached hydrogens (tertiary/aromatic N) is 3. The fourth-order valence-corrected chi connectivity index (χ4v) is 6.31. The SMILES string of the molecule is CCOC(=O)N1CCC(N2CCC3(CC2)CN(S(C)(=O)=O)Cc2ccccc23)CC1. The van der Waals surface area contributed by atoms with Gasteiger partial charge in [-0.15, -0.1) is 0 Å². The van der Waals surface area contributed by atoms with Crippen molar-refractivity contribution in [3.63, 3.8) is 0 Å². The third-order valence-corrected chi connectivity index (χ3v) is 8.34. The van der Waals surface area contributed by atoms with E-state index in [4.69, 9.17) is 4.74 Å². The van der Waals surface area contributed by atoms with Crippen LogP contribution in [0.1, 0.15) is 43.7 Å². The first-order valence-electron chi connectivity index (χ1n) is 11.0. The average molecular weight is 436 g/mol. The van der Waals surface area contributed by atoms with E-state index >= 15 is 0 Å². The number of benzene rings is 1. The van der Waals surface area contributed by atoms with E-state index in [1.54, 1.807) is 4.31 Å². The van der Waals surface area contributed by atoms with Crippen molar-refractivity contribution < 1.29 is 17.9 Å². The van der Waals surface area contributed by atoms with E-state index in [1.165, 1.54) is 11.8 Å². The van der Waals surface area contributed by atoms with Gasteiger partial charge in [0.2, 0.25) is 10.0 Å². The van der Waals surface area contributed by atoms with Crippen LogP contribution in [0, 0.1) is 0 Å². The summed E-state index contributed by atoms with van der Waals surface area (Å²) in [5.74, 6) is 0. The van der Waals surface area contributed by atoms with Gasteiger partial charge >= 0.3 is 6.09 Å². The summed E-state index contributed by atoms with van der Waals surface area (Å²) in [6.07, 6.45) is 4.99. The number of fused-ring (bicyclic) bond motifs is 2. The van der Waals surface area contributed by atoms with Gasteiger partial charge in [-0.2, -0.15) is 4.31 Å². The molecule has 3 aliphatic rings. The van der Waals surface area contributed by atoms with E-state index in [-0.39, 0.29) is 11.5 Å². The molecule has 0 radical (unpaired) electrons. The molecule has 1 spiro atoms. The maximum Gasteiger partial charge on any atom is 0.409 e. The number of hydrogen-bond donors (Lipinski definition) is 0. The van der Waals surface area contributed by atoms with Gasteiger partial charge in [0.05, 0.1) is 12.9 Å². The van der Waals surface area contributed by atoms with Gasteiger partial charge in [-0.3, -0.25) is 0 Å². The minimum atomic E-state index is -3.23. The van der Waals surface area contributed by atoms with E-state index < -0.39 is 10.0 Å². The van der Waals surface area contributed by atoms with Crippen molar-refractivity contribution in [1.82, 2.24) is 14.1 Å². The Morgan fingerprint density at radius 1 is 1.13 bits per heavy atom. The van der Waals surface area contributed by atoms with Crippen LogP contribution in [-0.2, 0) is 26.7 Å². The van der Waals surface area contributed by atoms with Crippen molar-refractivity contribution >= 4 is 16.1 Å². The average Bonchev–Trinajstić information content (AvgIpc) is 2.74. The molecule has 1 amide bonds. The van der Waals surface area contributed by atoms with E-state index in [0.29, 0.717) is 25.7 Å². The van der Waals surface area contributed by atoms with Crippen LogP contribution in [0.15, 0.2) is 24.3 Å². The zero-order valence-electron chi connectivity index (χ0n) is 18.0. The van der Waals surface area contributed by atoms with E-state index in [2.05, 4.69) is 23.1 Å². The molecule has 2 saturated heterocycles. The number of ether oxygens (including phenoxy) is 1. The van der Waals surface area contributed by atoms with Crippen molar-refractivity contribution in [2.45, 2.75) is 50.6 Å². The highest BCUT2D eigenvalue weighted by molar-refractivity contribution is 7.88. The van der Waals surface area contributed by atoms with Crippen LogP contribution in [0.25, 0.3) is 0 Å². The molecule has 0 saturated carbocycles. The van der Waals surface area contributed by atoms with Crippen molar-refractivity contribution in [3.05, 3.63) is 35.4 Å². The second-order valence-corrected chi connectivity index (χ2v) is 10.9. The Morgan fingerprint density at radius 3 is 2.43 bits per heavy atom. The largest absolute Gasteiger partial charge is 0.450 e. The van der Waals surface area contributed by atoms with Gasteiger partial charge in [0.15, 0.2) is 0 Å². The molecule has 8 heteroatoms. The highest BCUT2D eigenvalue weighted by Gasteiger charge is 2.45. The molecule has 1 aromatic rings. The first kappa shape index (κ1) is 21.6. The molecular formula is C22H33N3O4S. The molecule has 2 fully saturated rings. The van der Waals surface area contributed by atoms with Crippen molar-refractivity contribution in [3.8, 4) is 0 Å². The van der Waals surface area contributed by atoms with Crippen molar-refractivity contribution in [2.24, 2.45) is 0 Å². The topological polar surface area (TPSA) is 70.2 Å². The monoisotopic (exact) mass is 435 g/mol. The first-order chi connectivity index (χ1) is 14.3. The third-order valence-electron chi connectivity index (χ3n) is 7.15. The van der Waals surface area contributed by atoms with Crippen LogP contribution >= 0.6 is 0 Å². The summed E-state index contributed by atoms with van der Waals surface area (Å²) >= 11 is 0. The summed E-state index contributed by atoms with van der Waals surface area (Å²) in [5, 5.41) is 0. The van der Waals surface area contributed by atoms with Gasteiger partial charge in [-0.05, 0) is 56.8 Å². The Kier molecular flexibility index (Phi) is 6.10. The Hall–Kier alpha value is -1.64. The molecular weight excluding hydrogens is 402 g/mol. The number of carbonyl (C=O) groups excluding carboxylic acids is 1. The summed E-state index contributed by atoms with van der Waals surface area (Å²) in [6.45, 7) is 6.74. The standard InChI is InChI=1S/C22H33N3O4S/c1-3-29-21(26)24-12-8-19(9-13-24)23-14-10-22(11-15-23)17-25(30(2,27)28)16-18-6-4-5-7-20(18)22/h4-7,19H,3,8-17H2,1-2H3. The number of rotatable bonds is 3. The molecule has 4 rings (SSSR count). The number of hydrogen-bond acceptors (Lipinski definition) is 5. The Labute approximate surface area is 180 Å². The number of amides is 1. The summed E-state index contributed by atoms with van der Waals surface area (Å²) in [6, 6.07) is 8.84. The lowest BCUT2D eigenvalue weighted by Gasteiger charge is -2.50. The fourth-order valence-electron chi connectivity index (χ4n) is 5.45. The van der Waals surface area contributed by atoms with Crippen LogP contribution in [-0.4, -0.2) is 80.2 Å². The summed E-state index contributed by atoms with van der Waals surface area (Å²) in [7, 11) is -3.23. The quantitative estimate of drug-likeness (QED) is 0.729. The molecule has 30 heavy (non-hydrogen) atoms. The van der Waals surface area contributed by atoms with Gasteiger partial charge in [-0.1, -0.05) is 24.3 Å². The highest BCUT2D eigenvalue weighted by atomic mass is 32.2. The predicted octanol–water partition coefficient (Wildman–Crippen LogP) is 2.42. The van der Waals surface area contributed by atoms with Crippen LogP contribution < -0.4 is 0 Å². The summed E-state index contributed by atoms with van der Waals surface area (Å²) < 4.78 is 31.5. The van der Waals surface area contributed by atoms with Crippen molar-refractivity contribution in [1.29, 1.82) is 0 Å². The lowest BCUT2D eigenvalue weighted by molar-refractivity contribution is 0.0506. The lowest BCUT2D eigenvalue weighted by Crippen LogP contribution is -2.56. The zero-order chi connectivity index (χ0) is 21.4. The van der Waals surface area contributed by atoms with Crippen LogP contribution in [0.3, 0.4) is 0 Å². The number of carbonyl (C=O) groups is 1. The Bertz CT molecular complexity index is 872. The highest BCUT2D eigenvalue weighted by Crippen LogP contribution is 2.43.